The largest absolute Gasteiger partial charge is 0.344 e. The molecule has 1 heterocycles. The molecule has 0 amide bonds. The first-order valence-corrected chi connectivity index (χ1v) is 9.87. The molecular weight excluding hydrogens is 326 g/mol. The fourth-order valence-corrected chi connectivity index (χ4v) is 3.17. The molecule has 3 aromatic carbocycles. The van der Waals surface area contributed by atoms with Gasteiger partial charge in [-0.15, -0.1) is 0 Å². The van der Waals surface area contributed by atoms with Crippen molar-refractivity contribution in [2.45, 2.75) is 47.0 Å². The van der Waals surface area contributed by atoms with Crippen LogP contribution in [0.15, 0.2) is 72.8 Å². The first-order valence-electron chi connectivity index (χ1n) is 9.87. The van der Waals surface area contributed by atoms with E-state index in [9.17, 15) is 0 Å². The molecule has 0 saturated carbocycles. The van der Waals surface area contributed by atoms with Crippen molar-refractivity contribution in [2.75, 3.05) is 0 Å². The lowest BCUT2D eigenvalue weighted by Gasteiger charge is -2.19. The molecule has 0 saturated heterocycles. The molecule has 1 aromatic heterocycles. The zero-order chi connectivity index (χ0) is 20.0. The number of hydrogen-bond acceptors (Lipinski definition) is 0. The van der Waals surface area contributed by atoms with Gasteiger partial charge in [-0.25, -0.2) is 0 Å². The molecule has 0 aliphatic carbocycles. The molecule has 0 radical (unpaired) electrons. The van der Waals surface area contributed by atoms with Gasteiger partial charge in [0.25, 0.3) is 0 Å². The fourth-order valence-electron chi connectivity index (χ4n) is 3.17. The maximum absolute atomic E-state index is 2.34. The smallest absolute Gasteiger partial charge is 0.0488 e. The summed E-state index contributed by atoms with van der Waals surface area (Å²) in [6.45, 7) is 12.9. The van der Waals surface area contributed by atoms with Crippen molar-refractivity contribution in [1.29, 1.82) is 0 Å². The third-order valence-corrected chi connectivity index (χ3v) is 4.72. The Labute approximate surface area is 164 Å². The van der Waals surface area contributed by atoms with E-state index >= 15 is 0 Å². The van der Waals surface area contributed by atoms with Crippen LogP contribution in [0.4, 0.5) is 0 Å². The maximum Gasteiger partial charge on any atom is 0.0488 e. The predicted octanol–water partition coefficient (Wildman–Crippen LogP) is 7.65. The molecule has 0 unspecified atom stereocenters. The third kappa shape index (κ3) is 4.80. The molecule has 0 N–H and O–H groups in total. The number of aryl methyl sites for hydroxylation is 2. The molecule has 27 heavy (non-hydrogen) atoms. The van der Waals surface area contributed by atoms with Crippen LogP contribution >= 0.6 is 0 Å². The highest BCUT2D eigenvalue weighted by Crippen LogP contribution is 2.32. The van der Waals surface area contributed by atoms with Crippen molar-refractivity contribution in [2.24, 2.45) is 7.05 Å². The number of nitrogens with zero attached hydrogens (tertiary/aromatic N) is 1. The summed E-state index contributed by atoms with van der Waals surface area (Å²) in [5, 5.41) is 2.71. The number of hydrogen-bond donors (Lipinski definition) is 0. The molecule has 0 atom stereocenters. The van der Waals surface area contributed by atoms with Gasteiger partial charge < -0.3 is 4.57 Å². The monoisotopic (exact) mass is 359 g/mol. The highest BCUT2D eigenvalue weighted by atomic mass is 14.9. The van der Waals surface area contributed by atoms with Crippen LogP contribution in [0.1, 0.15) is 45.7 Å². The third-order valence-electron chi connectivity index (χ3n) is 4.72. The van der Waals surface area contributed by atoms with Gasteiger partial charge in [0.2, 0.25) is 0 Å². The number of fused-ring (bicyclic) bond motifs is 3. The van der Waals surface area contributed by atoms with Gasteiger partial charge in [0.1, 0.15) is 0 Å². The molecule has 0 aliphatic heterocycles. The summed E-state index contributed by atoms with van der Waals surface area (Å²) in [4.78, 5) is 0. The van der Waals surface area contributed by atoms with Crippen LogP contribution < -0.4 is 0 Å². The number of benzene rings is 3. The van der Waals surface area contributed by atoms with E-state index in [4.69, 9.17) is 0 Å². The van der Waals surface area contributed by atoms with E-state index in [1.54, 1.807) is 0 Å². The van der Waals surface area contributed by atoms with Gasteiger partial charge in [-0.2, -0.15) is 0 Å². The molecule has 1 heteroatoms. The summed E-state index contributed by atoms with van der Waals surface area (Å²) < 4.78 is 2.27. The maximum atomic E-state index is 2.34. The van der Waals surface area contributed by atoms with Crippen LogP contribution in [-0.4, -0.2) is 4.57 Å². The zero-order valence-corrected chi connectivity index (χ0v) is 17.9. The second-order valence-corrected chi connectivity index (χ2v) is 7.71. The zero-order valence-electron chi connectivity index (χ0n) is 17.9. The highest BCUT2D eigenvalue weighted by Gasteiger charge is 2.15. The standard InChI is InChI=1S/C17H19N.C7H8.C2H6/c1-17(2,3)12-9-10-16-14(11-12)13-7-5-6-8-15(13)18(16)4;1-7-5-3-2-4-6-7;1-2/h5-11H,1-4H3;2-6H,1H3;1-2H3. The van der Waals surface area contributed by atoms with E-state index in [1.165, 1.54) is 32.9 Å². The lowest BCUT2D eigenvalue weighted by molar-refractivity contribution is 0.591. The van der Waals surface area contributed by atoms with Gasteiger partial charge in [-0.1, -0.05) is 94.8 Å². The van der Waals surface area contributed by atoms with Gasteiger partial charge >= 0.3 is 0 Å². The Hall–Kier alpha value is -2.54. The Morgan fingerprint density at radius 2 is 1.22 bits per heavy atom. The Balaban J connectivity index is 0.000000244. The van der Waals surface area contributed by atoms with Crippen molar-refractivity contribution in [3.05, 3.63) is 83.9 Å². The first-order chi connectivity index (χ1) is 12.9. The number of aromatic nitrogens is 1. The lowest BCUT2D eigenvalue weighted by Crippen LogP contribution is -2.10. The Morgan fingerprint density at radius 3 is 1.78 bits per heavy atom. The molecule has 1 nitrogen and oxygen atoms in total. The topological polar surface area (TPSA) is 4.93 Å². The van der Waals surface area contributed by atoms with Crippen LogP contribution in [0.3, 0.4) is 0 Å². The van der Waals surface area contributed by atoms with Crippen molar-refractivity contribution in [3.8, 4) is 0 Å². The molecule has 4 rings (SSSR count). The van der Waals surface area contributed by atoms with Gasteiger partial charge in [0, 0.05) is 28.9 Å². The molecule has 4 aromatic rings. The fraction of sp³-hybridized carbons (Fsp3) is 0.308. The van der Waals surface area contributed by atoms with Crippen molar-refractivity contribution < 1.29 is 0 Å². The molecule has 0 fully saturated rings. The van der Waals surface area contributed by atoms with E-state index in [0.29, 0.717) is 0 Å². The lowest BCUT2D eigenvalue weighted by atomic mass is 9.86. The van der Waals surface area contributed by atoms with E-state index in [1.807, 2.05) is 32.0 Å². The first kappa shape index (κ1) is 20.8. The second kappa shape index (κ2) is 8.90. The highest BCUT2D eigenvalue weighted by molar-refractivity contribution is 6.08. The second-order valence-electron chi connectivity index (χ2n) is 7.71. The summed E-state index contributed by atoms with van der Waals surface area (Å²) in [5.74, 6) is 0. The van der Waals surface area contributed by atoms with Crippen LogP contribution in [0, 0.1) is 6.92 Å². The van der Waals surface area contributed by atoms with E-state index in [2.05, 4.69) is 93.9 Å². The van der Waals surface area contributed by atoms with Gasteiger partial charge in [-0.3, -0.25) is 0 Å². The minimum atomic E-state index is 0.200. The van der Waals surface area contributed by atoms with E-state index in [0.717, 1.165) is 0 Å². The van der Waals surface area contributed by atoms with E-state index < -0.39 is 0 Å². The minimum absolute atomic E-state index is 0.200. The summed E-state index contributed by atoms with van der Waals surface area (Å²) in [6, 6.07) is 25.7. The summed E-state index contributed by atoms with van der Waals surface area (Å²) in [7, 11) is 2.14. The van der Waals surface area contributed by atoms with Gasteiger partial charge in [0.15, 0.2) is 0 Å². The van der Waals surface area contributed by atoms with Gasteiger partial charge in [0.05, 0.1) is 0 Å². The Kier molecular flexibility index (Phi) is 6.85. The van der Waals surface area contributed by atoms with Crippen LogP contribution in [0.2, 0.25) is 0 Å². The molecule has 0 aliphatic rings. The summed E-state index contributed by atoms with van der Waals surface area (Å²) >= 11 is 0. The minimum Gasteiger partial charge on any atom is -0.344 e. The predicted molar refractivity (Wildman–Crippen MR) is 122 cm³/mol. The van der Waals surface area contributed by atoms with Crippen molar-refractivity contribution in [1.82, 2.24) is 4.57 Å². The Morgan fingerprint density at radius 1 is 0.667 bits per heavy atom. The average molecular weight is 360 g/mol. The quantitative estimate of drug-likeness (QED) is 0.304. The average Bonchev–Trinajstić information content (AvgIpc) is 2.96. The SMILES string of the molecule is CC.Cc1ccccc1.Cn1c2ccccc2c2cc(C(C)(C)C)ccc21. The molecule has 0 bridgehead atoms. The van der Waals surface area contributed by atoms with Crippen LogP contribution in [0.5, 0.6) is 0 Å². The van der Waals surface area contributed by atoms with Crippen LogP contribution in [0.25, 0.3) is 21.8 Å². The molecule has 0 spiro atoms. The van der Waals surface area contributed by atoms with E-state index in [-0.39, 0.29) is 5.41 Å². The number of rotatable bonds is 0. The van der Waals surface area contributed by atoms with Crippen molar-refractivity contribution >= 4 is 21.8 Å². The van der Waals surface area contributed by atoms with Crippen molar-refractivity contribution in [3.63, 3.8) is 0 Å². The number of para-hydroxylation sites is 1. The Bertz CT molecular complexity index is 985. The summed E-state index contributed by atoms with van der Waals surface area (Å²) in [5.41, 5.74) is 5.53. The molecule has 142 valence electrons. The molecular formula is C26H33N. The van der Waals surface area contributed by atoms with Crippen LogP contribution in [-0.2, 0) is 12.5 Å². The normalized spacial score (nSPS) is 10.8. The van der Waals surface area contributed by atoms with Gasteiger partial charge in [-0.05, 0) is 36.1 Å². The summed E-state index contributed by atoms with van der Waals surface area (Å²) in [6.07, 6.45) is 0.